The van der Waals surface area contributed by atoms with Crippen molar-refractivity contribution in [3.05, 3.63) is 71.8 Å². The maximum absolute atomic E-state index is 10.5. The van der Waals surface area contributed by atoms with Crippen LogP contribution in [0.5, 0.6) is 0 Å². The maximum Gasteiger partial charge on any atom is 0.126 e. The monoisotopic (exact) mass is 354 g/mol. The van der Waals surface area contributed by atoms with E-state index >= 15 is 0 Å². The van der Waals surface area contributed by atoms with E-state index in [9.17, 15) is 5.11 Å². The Balaban J connectivity index is 1.59. The number of rotatable bonds is 8. The Morgan fingerprint density at radius 2 is 1.46 bits per heavy atom. The van der Waals surface area contributed by atoms with Gasteiger partial charge in [0.15, 0.2) is 0 Å². The van der Waals surface area contributed by atoms with Gasteiger partial charge in [-0.3, -0.25) is 0 Å². The highest BCUT2D eigenvalue weighted by Crippen LogP contribution is 2.25. The average molecular weight is 355 g/mol. The molecule has 3 heteroatoms. The number of likely N-dealkylation sites (N-methyl/N-ethyl adjacent to an activating group) is 1. The Labute approximate surface area is 157 Å². The third kappa shape index (κ3) is 5.41. The summed E-state index contributed by atoms with van der Waals surface area (Å²) in [6.07, 6.45) is 6.03. The van der Waals surface area contributed by atoms with Gasteiger partial charge in [0.1, 0.15) is 18.8 Å². The zero-order valence-corrected chi connectivity index (χ0v) is 15.8. The van der Waals surface area contributed by atoms with Crippen LogP contribution >= 0.6 is 0 Å². The fourth-order valence-corrected chi connectivity index (χ4v) is 4.04. The normalized spacial score (nSPS) is 18.0. The molecule has 1 aliphatic rings. The molecule has 2 atom stereocenters. The Bertz CT molecular complexity index is 586. The van der Waals surface area contributed by atoms with Crippen molar-refractivity contribution in [3.63, 3.8) is 0 Å². The van der Waals surface area contributed by atoms with E-state index < -0.39 is 6.10 Å². The molecule has 0 amide bonds. The van der Waals surface area contributed by atoms with Gasteiger partial charge in [0, 0.05) is 0 Å². The maximum atomic E-state index is 10.5. The van der Waals surface area contributed by atoms with Crippen LogP contribution in [0.1, 0.15) is 49.3 Å². The second-order valence-electron chi connectivity index (χ2n) is 7.57. The summed E-state index contributed by atoms with van der Waals surface area (Å²) in [6, 6.07) is 21.2. The smallest absolute Gasteiger partial charge is 0.126 e. The molecule has 3 nitrogen and oxygen atoms in total. The van der Waals surface area contributed by atoms with Crippen LogP contribution in [0.25, 0.3) is 0 Å². The van der Waals surface area contributed by atoms with E-state index in [-0.39, 0.29) is 6.10 Å². The first kappa shape index (κ1) is 19.1. The van der Waals surface area contributed by atoms with Crippen molar-refractivity contribution in [2.75, 3.05) is 20.2 Å². The summed E-state index contributed by atoms with van der Waals surface area (Å²) in [5, 5.41) is 10.5. The molecule has 0 aromatic heterocycles. The summed E-state index contributed by atoms with van der Waals surface area (Å²) < 4.78 is 6.20. The van der Waals surface area contributed by atoms with Crippen molar-refractivity contribution in [3.8, 4) is 0 Å². The van der Waals surface area contributed by atoms with Crippen molar-refractivity contribution in [1.82, 2.24) is 0 Å². The third-order valence-electron chi connectivity index (χ3n) is 5.52. The summed E-state index contributed by atoms with van der Waals surface area (Å²) in [7, 11) is 2.21. The second kappa shape index (κ2) is 9.86. The van der Waals surface area contributed by atoms with Gasteiger partial charge in [-0.1, -0.05) is 67.1 Å². The topological polar surface area (TPSA) is 33.9 Å². The first-order chi connectivity index (χ1) is 12.7. The molecule has 2 aromatic carbocycles. The Kier molecular flexibility index (Phi) is 7.24. The van der Waals surface area contributed by atoms with Gasteiger partial charge in [-0.2, -0.15) is 0 Å². The fraction of sp³-hybridized carbons (Fsp3) is 0.478. The standard InChI is InChI=1S/C23H31NO2/c1-24(21-15-9-4-10-16-21)17-22(25)18-26-23(19-11-5-2-6-12-19)20-13-7-3-8-14-20/h2-3,5-8,11-14,21-23,25H,4,9-10,15-18H2,1H3/p+1/t22-/m0/s1. The molecule has 0 spiro atoms. The molecule has 1 fully saturated rings. The van der Waals surface area contributed by atoms with Gasteiger partial charge in [-0.05, 0) is 36.8 Å². The molecule has 0 saturated heterocycles. The van der Waals surface area contributed by atoms with Crippen molar-refractivity contribution in [1.29, 1.82) is 0 Å². The number of nitrogens with one attached hydrogen (secondary N) is 1. The van der Waals surface area contributed by atoms with Crippen LogP contribution in [0.2, 0.25) is 0 Å². The minimum atomic E-state index is -0.438. The quantitative estimate of drug-likeness (QED) is 0.764. The zero-order valence-electron chi connectivity index (χ0n) is 15.8. The lowest BCUT2D eigenvalue weighted by Gasteiger charge is -2.30. The van der Waals surface area contributed by atoms with Crippen LogP contribution in [-0.2, 0) is 4.74 Å². The van der Waals surface area contributed by atoms with Gasteiger partial charge >= 0.3 is 0 Å². The summed E-state index contributed by atoms with van der Waals surface area (Å²) in [4.78, 5) is 1.44. The predicted octanol–water partition coefficient (Wildman–Crippen LogP) is 3.00. The SMILES string of the molecule is C[NH+](C[C@H](O)COC(c1ccccc1)c1ccccc1)C1CCCCC1. The van der Waals surface area contributed by atoms with Gasteiger partial charge in [0.25, 0.3) is 0 Å². The number of aliphatic hydroxyl groups excluding tert-OH is 1. The highest BCUT2D eigenvalue weighted by Gasteiger charge is 2.24. The molecule has 0 radical (unpaired) electrons. The van der Waals surface area contributed by atoms with Crippen LogP contribution in [0, 0.1) is 0 Å². The Morgan fingerprint density at radius 3 is 2.00 bits per heavy atom. The van der Waals surface area contributed by atoms with Gasteiger partial charge in [-0.15, -0.1) is 0 Å². The van der Waals surface area contributed by atoms with E-state index in [1.165, 1.54) is 37.0 Å². The molecule has 0 aliphatic heterocycles. The molecule has 140 valence electrons. The third-order valence-corrected chi connectivity index (χ3v) is 5.52. The van der Waals surface area contributed by atoms with Crippen molar-refractivity contribution in [2.45, 2.75) is 50.4 Å². The summed E-state index contributed by atoms with van der Waals surface area (Å²) >= 11 is 0. The Hall–Kier alpha value is -1.68. The van der Waals surface area contributed by atoms with E-state index in [1.807, 2.05) is 36.4 Å². The molecule has 1 aliphatic carbocycles. The molecule has 1 unspecified atom stereocenters. The number of hydrogen-bond donors (Lipinski definition) is 2. The number of quaternary nitrogens is 1. The molecule has 1 saturated carbocycles. The lowest BCUT2D eigenvalue weighted by molar-refractivity contribution is -0.910. The first-order valence-corrected chi connectivity index (χ1v) is 9.96. The number of benzene rings is 2. The highest BCUT2D eigenvalue weighted by atomic mass is 16.5. The average Bonchev–Trinajstić information content (AvgIpc) is 2.70. The molecular formula is C23H32NO2+. The summed E-state index contributed by atoms with van der Waals surface area (Å²) in [6.45, 7) is 1.11. The minimum absolute atomic E-state index is 0.137. The van der Waals surface area contributed by atoms with Gasteiger partial charge in [0.05, 0.1) is 19.7 Å². The molecule has 3 rings (SSSR count). The summed E-state index contributed by atoms with van der Waals surface area (Å²) in [5.74, 6) is 0. The van der Waals surface area contributed by atoms with Crippen LogP contribution in [0.15, 0.2) is 60.7 Å². The largest absolute Gasteiger partial charge is 0.385 e. The van der Waals surface area contributed by atoms with Crippen molar-refractivity contribution < 1.29 is 14.7 Å². The van der Waals surface area contributed by atoms with E-state index in [2.05, 4.69) is 31.3 Å². The van der Waals surface area contributed by atoms with Crippen LogP contribution in [0.3, 0.4) is 0 Å². The second-order valence-corrected chi connectivity index (χ2v) is 7.57. The van der Waals surface area contributed by atoms with Crippen molar-refractivity contribution in [2.24, 2.45) is 0 Å². The van der Waals surface area contributed by atoms with Crippen LogP contribution in [-0.4, -0.2) is 37.5 Å². The molecule has 2 N–H and O–H groups in total. The molecule has 0 bridgehead atoms. The zero-order chi connectivity index (χ0) is 18.2. The van der Waals surface area contributed by atoms with E-state index in [0.29, 0.717) is 12.6 Å². The number of aliphatic hydroxyl groups is 1. The van der Waals surface area contributed by atoms with Crippen molar-refractivity contribution >= 4 is 0 Å². The minimum Gasteiger partial charge on any atom is -0.385 e. The lowest BCUT2D eigenvalue weighted by atomic mass is 9.94. The summed E-state index contributed by atoms with van der Waals surface area (Å²) in [5.41, 5.74) is 2.25. The van der Waals surface area contributed by atoms with Gasteiger partial charge in [-0.25, -0.2) is 0 Å². The van der Waals surface area contributed by atoms with Crippen LogP contribution in [0.4, 0.5) is 0 Å². The van der Waals surface area contributed by atoms with Gasteiger partial charge < -0.3 is 14.7 Å². The van der Waals surface area contributed by atoms with E-state index in [0.717, 1.165) is 17.7 Å². The molecule has 0 heterocycles. The first-order valence-electron chi connectivity index (χ1n) is 9.96. The molecule has 26 heavy (non-hydrogen) atoms. The Morgan fingerprint density at radius 1 is 0.923 bits per heavy atom. The number of hydrogen-bond acceptors (Lipinski definition) is 2. The molecular weight excluding hydrogens is 322 g/mol. The highest BCUT2D eigenvalue weighted by molar-refractivity contribution is 5.29. The predicted molar refractivity (Wildman–Crippen MR) is 105 cm³/mol. The fourth-order valence-electron chi connectivity index (χ4n) is 4.04. The number of ether oxygens (including phenoxy) is 1. The van der Waals surface area contributed by atoms with E-state index in [4.69, 9.17) is 4.74 Å². The van der Waals surface area contributed by atoms with Crippen LogP contribution < -0.4 is 4.90 Å². The van der Waals surface area contributed by atoms with Gasteiger partial charge in [0.2, 0.25) is 0 Å². The van der Waals surface area contributed by atoms with E-state index in [1.54, 1.807) is 0 Å². The molecule has 2 aromatic rings. The lowest BCUT2D eigenvalue weighted by Crippen LogP contribution is -3.14.